The lowest BCUT2D eigenvalue weighted by atomic mass is 10.1. The molecule has 164 valence electrons. The number of ether oxygens (including phenoxy) is 1. The number of amidine groups is 1. The van der Waals surface area contributed by atoms with Gasteiger partial charge in [0.1, 0.15) is 28.5 Å². The van der Waals surface area contributed by atoms with Crippen LogP contribution in [0.3, 0.4) is 0 Å². The van der Waals surface area contributed by atoms with E-state index in [0.29, 0.717) is 17.2 Å². The van der Waals surface area contributed by atoms with Gasteiger partial charge in [0.05, 0.1) is 6.54 Å². The Morgan fingerprint density at radius 3 is 2.64 bits per heavy atom. The van der Waals surface area contributed by atoms with Gasteiger partial charge in [0.25, 0.3) is 0 Å². The molecule has 5 rings (SSSR count). The third-order valence-electron chi connectivity index (χ3n) is 5.10. The maximum absolute atomic E-state index is 13.8. The molecular formula is C25H17F2N3O3. The van der Waals surface area contributed by atoms with Gasteiger partial charge in [0.2, 0.25) is 5.88 Å². The average molecular weight is 445 g/mol. The number of hydroxylamine groups is 1. The normalized spacial score (nSPS) is 11.8. The lowest BCUT2D eigenvalue weighted by Crippen LogP contribution is -2.20. The molecule has 6 nitrogen and oxygen atoms in total. The van der Waals surface area contributed by atoms with Gasteiger partial charge < -0.3 is 9.15 Å². The Hall–Kier alpha value is -4.30. The number of para-hydroxylation sites is 1. The van der Waals surface area contributed by atoms with E-state index in [1.165, 1.54) is 6.20 Å². The smallest absolute Gasteiger partial charge is 0.219 e. The van der Waals surface area contributed by atoms with Gasteiger partial charge in [0, 0.05) is 34.2 Å². The summed E-state index contributed by atoms with van der Waals surface area (Å²) in [6.45, 7) is -0.163. The second kappa shape index (κ2) is 8.68. The topological polar surface area (TPSA) is 79.9 Å². The fourth-order valence-corrected chi connectivity index (χ4v) is 3.49. The number of rotatable bonds is 5. The Balaban J connectivity index is 1.35. The number of aliphatic imine (C=N–C) groups is 1. The number of pyridine rings is 1. The molecule has 33 heavy (non-hydrogen) atoms. The zero-order chi connectivity index (χ0) is 22.8. The summed E-state index contributed by atoms with van der Waals surface area (Å²) in [7, 11) is 0. The summed E-state index contributed by atoms with van der Waals surface area (Å²) >= 11 is 0. The van der Waals surface area contributed by atoms with Crippen LogP contribution in [0, 0.1) is 11.6 Å². The van der Waals surface area contributed by atoms with Crippen LogP contribution in [0.2, 0.25) is 0 Å². The fraction of sp³-hybridized carbons (Fsp3) is 0.0400. The highest BCUT2D eigenvalue weighted by Crippen LogP contribution is 2.32. The van der Waals surface area contributed by atoms with Crippen molar-refractivity contribution in [1.82, 2.24) is 10.5 Å². The van der Waals surface area contributed by atoms with Crippen molar-refractivity contribution in [3.8, 4) is 11.6 Å². The number of hydrogen-bond donors (Lipinski definition) is 2. The zero-order valence-electron chi connectivity index (χ0n) is 17.1. The zero-order valence-corrected chi connectivity index (χ0v) is 17.1. The van der Waals surface area contributed by atoms with Crippen molar-refractivity contribution in [3.63, 3.8) is 0 Å². The molecule has 0 unspecified atom stereocenters. The average Bonchev–Trinajstić information content (AvgIpc) is 3.20. The van der Waals surface area contributed by atoms with Gasteiger partial charge in [0.15, 0.2) is 5.84 Å². The molecule has 0 fully saturated rings. The van der Waals surface area contributed by atoms with E-state index in [0.717, 1.165) is 40.1 Å². The SMILES string of the molecule is ONC(=NCc1cc(F)ccc1F)c1ccc(Oc2ccc3oc4ccccc4c3c2)nc1. The summed E-state index contributed by atoms with van der Waals surface area (Å²) in [5.41, 5.74) is 4.04. The van der Waals surface area contributed by atoms with Gasteiger partial charge in [-0.2, -0.15) is 0 Å². The number of benzene rings is 3. The van der Waals surface area contributed by atoms with Crippen LogP contribution in [0.5, 0.6) is 11.6 Å². The largest absolute Gasteiger partial charge is 0.456 e. The minimum atomic E-state index is -0.582. The van der Waals surface area contributed by atoms with Crippen LogP contribution >= 0.6 is 0 Å². The molecule has 2 aromatic heterocycles. The van der Waals surface area contributed by atoms with Gasteiger partial charge in [-0.05, 0) is 48.5 Å². The molecule has 0 aliphatic heterocycles. The predicted octanol–water partition coefficient (Wildman–Crippen LogP) is 5.98. The van der Waals surface area contributed by atoms with Crippen LogP contribution in [0.25, 0.3) is 21.9 Å². The maximum Gasteiger partial charge on any atom is 0.219 e. The molecule has 0 radical (unpaired) electrons. The Bertz CT molecular complexity index is 1480. The van der Waals surface area contributed by atoms with Crippen molar-refractivity contribution in [1.29, 1.82) is 0 Å². The van der Waals surface area contributed by atoms with E-state index in [4.69, 9.17) is 9.15 Å². The monoisotopic (exact) mass is 445 g/mol. The quantitative estimate of drug-likeness (QED) is 0.198. The molecular weight excluding hydrogens is 428 g/mol. The Morgan fingerprint density at radius 2 is 1.82 bits per heavy atom. The third kappa shape index (κ3) is 4.24. The molecule has 0 amide bonds. The summed E-state index contributed by atoms with van der Waals surface area (Å²) in [6.07, 6.45) is 1.45. The van der Waals surface area contributed by atoms with Crippen molar-refractivity contribution in [2.45, 2.75) is 6.54 Å². The molecule has 2 N–H and O–H groups in total. The lowest BCUT2D eigenvalue weighted by Gasteiger charge is -2.08. The van der Waals surface area contributed by atoms with Gasteiger partial charge >= 0.3 is 0 Å². The van der Waals surface area contributed by atoms with Crippen LogP contribution in [-0.2, 0) is 6.54 Å². The van der Waals surface area contributed by atoms with E-state index in [-0.39, 0.29) is 17.9 Å². The molecule has 0 spiro atoms. The summed E-state index contributed by atoms with van der Waals surface area (Å²) in [5, 5.41) is 11.4. The van der Waals surface area contributed by atoms with Crippen molar-refractivity contribution in [2.24, 2.45) is 4.99 Å². The van der Waals surface area contributed by atoms with Crippen LogP contribution in [0.4, 0.5) is 8.78 Å². The molecule has 0 atom stereocenters. The number of fused-ring (bicyclic) bond motifs is 3. The Morgan fingerprint density at radius 1 is 0.970 bits per heavy atom. The van der Waals surface area contributed by atoms with E-state index < -0.39 is 11.6 Å². The standard InChI is InChI=1S/C25H17F2N3O3/c26-17-6-8-21(27)16(11-17)14-29-25(30-31)15-5-10-24(28-13-15)32-18-7-9-23-20(12-18)19-3-1-2-4-22(19)33-23/h1-13,31H,14H2,(H,29,30). The van der Waals surface area contributed by atoms with Crippen molar-refractivity contribution in [2.75, 3.05) is 0 Å². The summed E-state index contributed by atoms with van der Waals surface area (Å²) in [4.78, 5) is 8.36. The maximum atomic E-state index is 13.8. The highest BCUT2D eigenvalue weighted by Gasteiger charge is 2.10. The first-order chi connectivity index (χ1) is 16.1. The highest BCUT2D eigenvalue weighted by atomic mass is 19.1. The molecule has 5 aromatic rings. The molecule has 2 heterocycles. The number of nitrogens with zero attached hydrogens (tertiary/aromatic N) is 2. The second-order valence-electron chi connectivity index (χ2n) is 7.26. The van der Waals surface area contributed by atoms with Crippen LogP contribution in [0.1, 0.15) is 11.1 Å². The van der Waals surface area contributed by atoms with E-state index in [1.54, 1.807) is 18.2 Å². The van der Waals surface area contributed by atoms with Crippen LogP contribution < -0.4 is 10.2 Å². The molecule has 0 aliphatic rings. The van der Waals surface area contributed by atoms with Gasteiger partial charge in [-0.1, -0.05) is 18.2 Å². The molecule has 0 bridgehead atoms. The number of hydrogen-bond acceptors (Lipinski definition) is 5. The highest BCUT2D eigenvalue weighted by molar-refractivity contribution is 6.05. The van der Waals surface area contributed by atoms with Crippen molar-refractivity contribution < 1.29 is 23.1 Å². The minimum Gasteiger partial charge on any atom is -0.456 e. The number of furan rings is 1. The van der Waals surface area contributed by atoms with Crippen molar-refractivity contribution in [3.05, 3.63) is 102 Å². The third-order valence-corrected chi connectivity index (χ3v) is 5.10. The van der Waals surface area contributed by atoms with Crippen molar-refractivity contribution >= 4 is 27.8 Å². The first-order valence-corrected chi connectivity index (χ1v) is 10.0. The predicted molar refractivity (Wildman–Crippen MR) is 120 cm³/mol. The van der Waals surface area contributed by atoms with Crippen LogP contribution in [-0.4, -0.2) is 16.0 Å². The summed E-state index contributed by atoms with van der Waals surface area (Å²) < 4.78 is 38.8. The number of aromatic nitrogens is 1. The van der Waals surface area contributed by atoms with E-state index in [1.807, 2.05) is 41.9 Å². The number of nitrogens with one attached hydrogen (secondary N) is 1. The molecule has 3 aromatic carbocycles. The Kier molecular flexibility index (Phi) is 5.42. The van der Waals surface area contributed by atoms with Crippen LogP contribution in [0.15, 0.2) is 88.4 Å². The van der Waals surface area contributed by atoms with Gasteiger partial charge in [-0.3, -0.25) is 15.7 Å². The molecule has 0 saturated carbocycles. The fourth-order valence-electron chi connectivity index (χ4n) is 3.49. The summed E-state index contributed by atoms with van der Waals surface area (Å²) in [6, 6.07) is 19.6. The van der Waals surface area contributed by atoms with E-state index >= 15 is 0 Å². The first-order valence-electron chi connectivity index (χ1n) is 10.0. The molecule has 0 saturated heterocycles. The number of halogens is 2. The van der Waals surface area contributed by atoms with Gasteiger partial charge in [-0.25, -0.2) is 13.8 Å². The summed E-state index contributed by atoms with van der Waals surface area (Å²) in [5.74, 6) is -0.167. The lowest BCUT2D eigenvalue weighted by molar-refractivity contribution is 0.234. The first kappa shape index (κ1) is 20.6. The molecule has 0 aliphatic carbocycles. The van der Waals surface area contributed by atoms with Gasteiger partial charge in [-0.15, -0.1) is 0 Å². The molecule has 8 heteroatoms. The van der Waals surface area contributed by atoms with E-state index in [9.17, 15) is 14.0 Å². The Labute approximate surface area is 186 Å². The minimum absolute atomic E-state index is 0.0593. The second-order valence-corrected chi connectivity index (χ2v) is 7.26. The van der Waals surface area contributed by atoms with E-state index in [2.05, 4.69) is 9.98 Å².